The van der Waals surface area contributed by atoms with Crippen molar-refractivity contribution >= 4 is 31.8 Å². The lowest BCUT2D eigenvalue weighted by molar-refractivity contribution is 0.102. The summed E-state index contributed by atoms with van der Waals surface area (Å²) in [7, 11) is -9.31. The van der Waals surface area contributed by atoms with Gasteiger partial charge in [-0.25, -0.2) is 0 Å². The number of anilines is 1. The van der Waals surface area contributed by atoms with E-state index >= 15 is 0 Å². The molecular weight excluding hydrogens is 378 g/mol. The van der Waals surface area contributed by atoms with Crippen LogP contribution in [0.5, 0.6) is 11.5 Å². The van der Waals surface area contributed by atoms with E-state index in [2.05, 4.69) is 5.32 Å². The third-order valence-corrected chi connectivity index (χ3v) is 4.72. The summed E-state index contributed by atoms with van der Waals surface area (Å²) in [6.07, 6.45) is 0. The SMILES string of the molecule is O=C(Nc1cccc(S(=O)(=O)O)c1)c1cc(O)c(S(=O)(=O)O)cc1O. The third kappa shape index (κ3) is 4.24. The Bertz CT molecular complexity index is 1060. The number of phenolic OH excluding ortho intramolecular Hbond substituents is 2. The molecule has 1 amide bonds. The molecule has 134 valence electrons. The minimum Gasteiger partial charge on any atom is -0.507 e. The molecule has 0 radical (unpaired) electrons. The number of rotatable bonds is 4. The molecule has 0 aliphatic rings. The fourth-order valence-corrected chi connectivity index (χ4v) is 2.99. The first-order valence-electron chi connectivity index (χ1n) is 6.32. The molecule has 2 aromatic carbocycles. The molecule has 12 heteroatoms. The lowest BCUT2D eigenvalue weighted by Gasteiger charge is -2.10. The fraction of sp³-hybridized carbons (Fsp3) is 0. The number of carbonyl (C=O) groups is 1. The van der Waals surface area contributed by atoms with Gasteiger partial charge >= 0.3 is 0 Å². The van der Waals surface area contributed by atoms with Gasteiger partial charge in [0.1, 0.15) is 16.4 Å². The van der Waals surface area contributed by atoms with Gasteiger partial charge in [-0.05, 0) is 24.3 Å². The Morgan fingerprint density at radius 3 is 2.08 bits per heavy atom. The van der Waals surface area contributed by atoms with Crippen LogP contribution in [0, 0.1) is 0 Å². The second-order valence-electron chi connectivity index (χ2n) is 4.77. The number of benzene rings is 2. The van der Waals surface area contributed by atoms with E-state index in [-0.39, 0.29) is 5.69 Å². The van der Waals surface area contributed by atoms with Crippen molar-refractivity contribution in [3.05, 3.63) is 42.0 Å². The van der Waals surface area contributed by atoms with E-state index in [1.165, 1.54) is 12.1 Å². The van der Waals surface area contributed by atoms with Gasteiger partial charge in [-0.2, -0.15) is 16.8 Å². The van der Waals surface area contributed by atoms with Crippen LogP contribution < -0.4 is 5.32 Å². The molecule has 2 rings (SSSR count). The quantitative estimate of drug-likeness (QED) is 0.374. The van der Waals surface area contributed by atoms with Crippen LogP contribution in [0.1, 0.15) is 10.4 Å². The van der Waals surface area contributed by atoms with Crippen molar-refractivity contribution in [2.75, 3.05) is 5.32 Å². The second-order valence-corrected chi connectivity index (χ2v) is 7.58. The highest BCUT2D eigenvalue weighted by molar-refractivity contribution is 7.86. The van der Waals surface area contributed by atoms with Crippen LogP contribution in [0.4, 0.5) is 5.69 Å². The third-order valence-electron chi connectivity index (χ3n) is 2.99. The first kappa shape index (κ1) is 18.7. The van der Waals surface area contributed by atoms with Crippen LogP contribution in [0.15, 0.2) is 46.2 Å². The minimum absolute atomic E-state index is 0.0575. The molecule has 0 bridgehead atoms. The molecule has 10 nitrogen and oxygen atoms in total. The van der Waals surface area contributed by atoms with Crippen LogP contribution in [-0.4, -0.2) is 42.1 Å². The number of phenols is 2. The van der Waals surface area contributed by atoms with Gasteiger partial charge < -0.3 is 15.5 Å². The summed E-state index contributed by atoms with van der Waals surface area (Å²) >= 11 is 0. The first-order valence-corrected chi connectivity index (χ1v) is 9.20. The van der Waals surface area contributed by atoms with Crippen LogP contribution in [0.3, 0.4) is 0 Å². The summed E-state index contributed by atoms with van der Waals surface area (Å²) in [4.78, 5) is 10.6. The molecule has 0 aliphatic heterocycles. The molecule has 0 spiro atoms. The molecule has 0 fully saturated rings. The number of nitrogens with one attached hydrogen (secondary N) is 1. The Morgan fingerprint density at radius 2 is 1.52 bits per heavy atom. The molecule has 5 N–H and O–H groups in total. The van der Waals surface area contributed by atoms with Gasteiger partial charge in [0.25, 0.3) is 26.1 Å². The van der Waals surface area contributed by atoms with Gasteiger partial charge in [-0.15, -0.1) is 0 Å². The normalized spacial score (nSPS) is 11.9. The molecular formula is C13H11NO9S2. The van der Waals surface area contributed by atoms with Gasteiger partial charge in [-0.1, -0.05) is 6.07 Å². The van der Waals surface area contributed by atoms with Gasteiger partial charge in [0.2, 0.25) is 0 Å². The Kier molecular flexibility index (Phi) is 4.72. The van der Waals surface area contributed by atoms with Crippen molar-refractivity contribution in [1.82, 2.24) is 0 Å². The summed E-state index contributed by atoms with van der Waals surface area (Å²) in [5, 5.41) is 21.5. The molecule has 0 heterocycles. The monoisotopic (exact) mass is 389 g/mol. The topological polar surface area (TPSA) is 178 Å². The Balaban J connectivity index is 2.38. The number of aromatic hydroxyl groups is 2. The van der Waals surface area contributed by atoms with Gasteiger partial charge in [0.15, 0.2) is 0 Å². The lowest BCUT2D eigenvalue weighted by Crippen LogP contribution is -2.13. The van der Waals surface area contributed by atoms with Crippen molar-refractivity contribution in [3.63, 3.8) is 0 Å². The summed E-state index contributed by atoms with van der Waals surface area (Å²) in [6, 6.07) is 5.63. The van der Waals surface area contributed by atoms with E-state index in [9.17, 15) is 31.8 Å². The summed E-state index contributed by atoms with van der Waals surface area (Å²) < 4.78 is 62.0. The van der Waals surface area contributed by atoms with E-state index < -0.39 is 53.0 Å². The fourth-order valence-electron chi connectivity index (χ4n) is 1.88. The zero-order valence-electron chi connectivity index (χ0n) is 12.1. The zero-order valence-corrected chi connectivity index (χ0v) is 13.7. The molecule has 0 unspecified atom stereocenters. The van der Waals surface area contributed by atoms with Crippen molar-refractivity contribution in [2.45, 2.75) is 9.79 Å². The van der Waals surface area contributed by atoms with Crippen molar-refractivity contribution in [1.29, 1.82) is 0 Å². The lowest BCUT2D eigenvalue weighted by atomic mass is 10.1. The first-order chi connectivity index (χ1) is 11.4. The summed E-state index contributed by atoms with van der Waals surface area (Å²) in [5.74, 6) is -2.84. The Hall–Kier alpha value is -2.67. The molecule has 2 aromatic rings. The van der Waals surface area contributed by atoms with Crippen LogP contribution in [-0.2, 0) is 20.2 Å². The zero-order chi connectivity index (χ0) is 19.0. The predicted molar refractivity (Wildman–Crippen MR) is 83.8 cm³/mol. The van der Waals surface area contributed by atoms with Crippen LogP contribution in [0.2, 0.25) is 0 Å². The molecule has 25 heavy (non-hydrogen) atoms. The summed E-state index contributed by atoms with van der Waals surface area (Å²) in [6.45, 7) is 0. The van der Waals surface area contributed by atoms with Crippen molar-refractivity contribution < 1.29 is 40.9 Å². The van der Waals surface area contributed by atoms with E-state index in [0.29, 0.717) is 12.1 Å². The van der Waals surface area contributed by atoms with E-state index in [1.807, 2.05) is 0 Å². The Morgan fingerprint density at radius 1 is 0.880 bits per heavy atom. The number of hydrogen-bond donors (Lipinski definition) is 5. The molecule has 0 aliphatic carbocycles. The largest absolute Gasteiger partial charge is 0.507 e. The highest BCUT2D eigenvalue weighted by Crippen LogP contribution is 2.31. The smallest absolute Gasteiger partial charge is 0.298 e. The number of amides is 1. The van der Waals surface area contributed by atoms with Gasteiger partial charge in [-0.3, -0.25) is 13.9 Å². The molecule has 0 saturated heterocycles. The highest BCUT2D eigenvalue weighted by atomic mass is 32.2. The average molecular weight is 389 g/mol. The van der Waals surface area contributed by atoms with E-state index in [1.54, 1.807) is 0 Å². The predicted octanol–water partition coefficient (Wildman–Crippen LogP) is 0.844. The number of carbonyl (C=O) groups excluding carboxylic acids is 1. The average Bonchev–Trinajstić information content (AvgIpc) is 2.47. The number of hydrogen-bond acceptors (Lipinski definition) is 7. The second kappa shape index (κ2) is 6.33. The van der Waals surface area contributed by atoms with Crippen molar-refractivity contribution in [3.8, 4) is 11.5 Å². The van der Waals surface area contributed by atoms with Crippen LogP contribution in [0.25, 0.3) is 0 Å². The van der Waals surface area contributed by atoms with E-state index in [4.69, 9.17) is 9.11 Å². The standard InChI is InChI=1S/C13H11NO9S2/c15-10-6-12(25(21,22)23)11(16)5-9(10)13(17)14-7-2-1-3-8(4-7)24(18,19)20/h1-6,15-16H,(H,14,17)(H,18,19,20)(H,21,22,23). The Labute approximate surface area is 141 Å². The van der Waals surface area contributed by atoms with Crippen molar-refractivity contribution in [2.24, 2.45) is 0 Å². The maximum Gasteiger partial charge on any atom is 0.298 e. The summed E-state index contributed by atoms with van der Waals surface area (Å²) in [5.41, 5.74) is -0.597. The maximum atomic E-state index is 12.1. The molecule has 0 aromatic heterocycles. The van der Waals surface area contributed by atoms with E-state index in [0.717, 1.165) is 12.1 Å². The maximum absolute atomic E-state index is 12.1. The van der Waals surface area contributed by atoms with Crippen LogP contribution >= 0.6 is 0 Å². The van der Waals surface area contributed by atoms with Gasteiger partial charge in [0.05, 0.1) is 10.5 Å². The molecule has 0 atom stereocenters. The molecule has 0 saturated carbocycles. The van der Waals surface area contributed by atoms with Gasteiger partial charge in [0, 0.05) is 11.8 Å². The highest BCUT2D eigenvalue weighted by Gasteiger charge is 2.22. The minimum atomic E-state index is -4.82.